The fourth-order valence-corrected chi connectivity index (χ4v) is 0.606. The molecule has 0 aliphatic rings. The minimum Gasteiger partial charge on any atom is -0.331 e. The standard InChI is InChI=1S/C4H6ClN3/c5-4-7-2-3(1-6)8-4/h2H,1,6H2,(H,7,8). The number of nitrogens with two attached hydrogens (primary N) is 1. The van der Waals surface area contributed by atoms with Gasteiger partial charge in [-0.15, -0.1) is 0 Å². The molecule has 0 aliphatic carbocycles. The Morgan fingerprint density at radius 1 is 1.88 bits per heavy atom. The van der Waals surface area contributed by atoms with Crippen LogP contribution in [0.2, 0.25) is 5.28 Å². The lowest BCUT2D eigenvalue weighted by molar-refractivity contribution is 1.01. The lowest BCUT2D eigenvalue weighted by atomic mass is 10.5. The van der Waals surface area contributed by atoms with E-state index >= 15 is 0 Å². The Labute approximate surface area is 51.9 Å². The Morgan fingerprint density at radius 3 is 2.88 bits per heavy atom. The third kappa shape index (κ3) is 0.993. The first-order chi connectivity index (χ1) is 3.83. The Bertz CT molecular complexity index is 172. The zero-order chi connectivity index (χ0) is 5.98. The van der Waals surface area contributed by atoms with Gasteiger partial charge in [0.1, 0.15) is 0 Å². The third-order valence-electron chi connectivity index (χ3n) is 0.817. The first-order valence-corrected chi connectivity index (χ1v) is 2.60. The zero-order valence-electron chi connectivity index (χ0n) is 4.19. The summed E-state index contributed by atoms with van der Waals surface area (Å²) < 4.78 is 0. The Morgan fingerprint density at radius 2 is 2.62 bits per heavy atom. The van der Waals surface area contributed by atoms with Crippen LogP contribution in [0.15, 0.2) is 6.20 Å². The number of nitrogens with zero attached hydrogens (tertiary/aromatic N) is 1. The minimum atomic E-state index is 0.394. The summed E-state index contributed by atoms with van der Waals surface area (Å²) >= 11 is 5.42. The van der Waals surface area contributed by atoms with Crippen LogP contribution in [0.1, 0.15) is 5.69 Å². The van der Waals surface area contributed by atoms with Crippen LogP contribution < -0.4 is 5.73 Å². The summed E-state index contributed by atoms with van der Waals surface area (Å²) in [5, 5.41) is 0.394. The fraction of sp³-hybridized carbons (Fsp3) is 0.250. The predicted molar refractivity (Wildman–Crippen MR) is 31.5 cm³/mol. The molecule has 0 saturated heterocycles. The van der Waals surface area contributed by atoms with Gasteiger partial charge >= 0.3 is 0 Å². The van der Waals surface area contributed by atoms with Crippen molar-refractivity contribution in [3.8, 4) is 0 Å². The second-order valence-corrected chi connectivity index (χ2v) is 1.76. The number of halogens is 1. The molecule has 3 nitrogen and oxygen atoms in total. The molecule has 0 saturated carbocycles. The highest BCUT2D eigenvalue weighted by atomic mass is 35.5. The molecule has 0 unspecified atom stereocenters. The first-order valence-electron chi connectivity index (χ1n) is 2.22. The van der Waals surface area contributed by atoms with Crippen molar-refractivity contribution < 1.29 is 0 Å². The van der Waals surface area contributed by atoms with E-state index in [1.807, 2.05) is 0 Å². The van der Waals surface area contributed by atoms with E-state index in [2.05, 4.69) is 9.97 Å². The molecule has 0 fully saturated rings. The van der Waals surface area contributed by atoms with E-state index < -0.39 is 0 Å². The quantitative estimate of drug-likeness (QED) is 0.584. The van der Waals surface area contributed by atoms with Crippen LogP contribution in [0.5, 0.6) is 0 Å². The predicted octanol–water partition coefficient (Wildman–Crippen LogP) is 0.522. The Kier molecular flexibility index (Phi) is 1.50. The van der Waals surface area contributed by atoms with Gasteiger partial charge in [-0.1, -0.05) is 0 Å². The van der Waals surface area contributed by atoms with Gasteiger partial charge in [0.05, 0.1) is 6.20 Å². The summed E-state index contributed by atoms with van der Waals surface area (Å²) in [5.74, 6) is 0. The van der Waals surface area contributed by atoms with E-state index in [0.717, 1.165) is 5.69 Å². The molecule has 1 rings (SSSR count). The first kappa shape index (κ1) is 5.59. The minimum absolute atomic E-state index is 0.394. The summed E-state index contributed by atoms with van der Waals surface area (Å²) in [7, 11) is 0. The van der Waals surface area contributed by atoms with E-state index in [-0.39, 0.29) is 0 Å². The monoisotopic (exact) mass is 131 g/mol. The van der Waals surface area contributed by atoms with Gasteiger partial charge < -0.3 is 10.7 Å². The van der Waals surface area contributed by atoms with Crippen molar-refractivity contribution >= 4 is 11.6 Å². The maximum atomic E-state index is 5.42. The van der Waals surface area contributed by atoms with Gasteiger partial charge in [-0.3, -0.25) is 0 Å². The van der Waals surface area contributed by atoms with E-state index in [9.17, 15) is 0 Å². The molecule has 1 aromatic rings. The maximum absolute atomic E-state index is 5.42. The molecule has 0 aliphatic heterocycles. The Balaban J connectivity index is 2.84. The molecular weight excluding hydrogens is 126 g/mol. The second kappa shape index (κ2) is 2.15. The van der Waals surface area contributed by atoms with E-state index in [4.69, 9.17) is 17.3 Å². The highest BCUT2D eigenvalue weighted by molar-refractivity contribution is 6.28. The van der Waals surface area contributed by atoms with Crippen molar-refractivity contribution in [1.29, 1.82) is 0 Å². The SMILES string of the molecule is NCc1cnc(Cl)[nH]1. The molecule has 4 heteroatoms. The number of aromatic nitrogens is 2. The van der Waals surface area contributed by atoms with Crippen LogP contribution in [-0.2, 0) is 6.54 Å². The topological polar surface area (TPSA) is 54.7 Å². The highest BCUT2D eigenvalue weighted by Crippen LogP contribution is 2.00. The van der Waals surface area contributed by atoms with E-state index in [0.29, 0.717) is 11.8 Å². The summed E-state index contributed by atoms with van der Waals surface area (Å²) in [4.78, 5) is 6.47. The van der Waals surface area contributed by atoms with Crippen molar-refractivity contribution in [2.75, 3.05) is 0 Å². The van der Waals surface area contributed by atoms with Gasteiger partial charge in [-0.25, -0.2) is 4.98 Å². The molecule has 0 amide bonds. The summed E-state index contributed by atoms with van der Waals surface area (Å²) in [6, 6.07) is 0. The van der Waals surface area contributed by atoms with E-state index in [1.54, 1.807) is 6.20 Å². The smallest absolute Gasteiger partial charge is 0.200 e. The van der Waals surface area contributed by atoms with Crippen LogP contribution in [-0.4, -0.2) is 9.97 Å². The average molecular weight is 132 g/mol. The van der Waals surface area contributed by atoms with Gasteiger partial charge in [-0.05, 0) is 11.6 Å². The summed E-state index contributed by atoms with van der Waals surface area (Å²) in [6.45, 7) is 0.458. The molecule has 0 bridgehead atoms. The van der Waals surface area contributed by atoms with Crippen LogP contribution in [0.3, 0.4) is 0 Å². The van der Waals surface area contributed by atoms with Gasteiger partial charge in [0.2, 0.25) is 0 Å². The maximum Gasteiger partial charge on any atom is 0.200 e. The number of nitrogens with one attached hydrogen (secondary N) is 1. The fourth-order valence-electron chi connectivity index (χ4n) is 0.435. The average Bonchev–Trinajstić information content (AvgIpc) is 2.14. The van der Waals surface area contributed by atoms with Crippen LogP contribution >= 0.6 is 11.6 Å². The second-order valence-electron chi connectivity index (χ2n) is 1.40. The molecule has 1 heterocycles. The lowest BCUT2D eigenvalue weighted by Gasteiger charge is -1.81. The van der Waals surface area contributed by atoms with Gasteiger partial charge in [0.15, 0.2) is 5.28 Å². The molecule has 0 atom stereocenters. The number of aromatic amines is 1. The molecule has 0 spiro atoms. The number of rotatable bonds is 1. The van der Waals surface area contributed by atoms with Crippen molar-refractivity contribution in [1.82, 2.24) is 9.97 Å². The van der Waals surface area contributed by atoms with Crippen LogP contribution in [0, 0.1) is 0 Å². The molecule has 1 aromatic heterocycles. The molecule has 8 heavy (non-hydrogen) atoms. The molecule has 0 radical (unpaired) electrons. The number of H-pyrrole nitrogens is 1. The largest absolute Gasteiger partial charge is 0.331 e. The molecule has 3 N–H and O–H groups in total. The lowest BCUT2D eigenvalue weighted by Crippen LogP contribution is -1.95. The molecule has 44 valence electrons. The van der Waals surface area contributed by atoms with Crippen molar-refractivity contribution in [3.63, 3.8) is 0 Å². The summed E-state index contributed by atoms with van der Waals surface area (Å²) in [6.07, 6.45) is 1.61. The summed E-state index contributed by atoms with van der Waals surface area (Å²) in [5.41, 5.74) is 6.09. The molecule has 0 aromatic carbocycles. The van der Waals surface area contributed by atoms with Gasteiger partial charge in [-0.2, -0.15) is 0 Å². The van der Waals surface area contributed by atoms with E-state index in [1.165, 1.54) is 0 Å². The van der Waals surface area contributed by atoms with Crippen molar-refractivity contribution in [2.45, 2.75) is 6.54 Å². The third-order valence-corrected chi connectivity index (χ3v) is 1.01. The number of hydrogen-bond acceptors (Lipinski definition) is 2. The zero-order valence-corrected chi connectivity index (χ0v) is 4.94. The van der Waals surface area contributed by atoms with Gasteiger partial charge in [0, 0.05) is 12.2 Å². The van der Waals surface area contributed by atoms with Crippen molar-refractivity contribution in [3.05, 3.63) is 17.2 Å². The van der Waals surface area contributed by atoms with Crippen LogP contribution in [0.4, 0.5) is 0 Å². The highest BCUT2D eigenvalue weighted by Gasteiger charge is 1.91. The number of hydrogen-bond donors (Lipinski definition) is 2. The molecular formula is C4H6ClN3. The Hall–Kier alpha value is -0.540. The van der Waals surface area contributed by atoms with Crippen molar-refractivity contribution in [2.24, 2.45) is 5.73 Å². The number of imidazole rings is 1. The van der Waals surface area contributed by atoms with Crippen LogP contribution in [0.25, 0.3) is 0 Å². The normalized spacial score (nSPS) is 9.75. The van der Waals surface area contributed by atoms with Gasteiger partial charge in [0.25, 0.3) is 0 Å².